The number of hydrogen-bond donors (Lipinski definition) is 0. The van der Waals surface area contributed by atoms with Crippen molar-refractivity contribution in [3.05, 3.63) is 90.5 Å². The maximum absolute atomic E-state index is 12.3. The number of benzene rings is 3. The molecule has 5 heteroatoms. The lowest BCUT2D eigenvalue weighted by atomic mass is 10.1. The summed E-state index contributed by atoms with van der Waals surface area (Å²) in [7, 11) is 0. The van der Waals surface area contributed by atoms with Gasteiger partial charge < -0.3 is 4.74 Å². The molecule has 1 aromatic heterocycles. The highest BCUT2D eigenvalue weighted by molar-refractivity contribution is 5.90. The summed E-state index contributed by atoms with van der Waals surface area (Å²) >= 11 is 0. The average molecular weight is 329 g/mol. The summed E-state index contributed by atoms with van der Waals surface area (Å²) < 4.78 is 7.11. The second-order valence-corrected chi connectivity index (χ2v) is 5.60. The molecule has 4 rings (SSSR count). The quantitative estimate of drug-likeness (QED) is 0.535. The number of nitrogens with zero attached hydrogens (tertiary/aromatic N) is 3. The summed E-state index contributed by atoms with van der Waals surface area (Å²) in [5.74, 6) is -0.349. The molecule has 0 N–H and O–H groups in total. The molecular weight excluding hydrogens is 314 g/mol. The Morgan fingerprint density at radius 2 is 1.76 bits per heavy atom. The van der Waals surface area contributed by atoms with Crippen LogP contribution < -0.4 is 0 Å². The molecular formula is C20H15N3O2. The van der Waals surface area contributed by atoms with Gasteiger partial charge in [0.1, 0.15) is 19.3 Å². The van der Waals surface area contributed by atoms with E-state index in [9.17, 15) is 4.79 Å². The van der Waals surface area contributed by atoms with Gasteiger partial charge in [-0.15, -0.1) is 0 Å². The number of fused-ring (bicyclic) bond motifs is 1. The molecule has 0 fully saturated rings. The molecule has 0 radical (unpaired) electrons. The van der Waals surface area contributed by atoms with Gasteiger partial charge in [-0.2, -0.15) is 5.10 Å². The Morgan fingerprint density at radius 3 is 2.56 bits per heavy atom. The van der Waals surface area contributed by atoms with Gasteiger partial charge in [0.25, 0.3) is 0 Å². The lowest BCUT2D eigenvalue weighted by molar-refractivity contribution is 0.0474. The minimum atomic E-state index is -0.349. The number of rotatable bonds is 4. The van der Waals surface area contributed by atoms with Gasteiger partial charge in [0.15, 0.2) is 0 Å². The highest BCUT2D eigenvalue weighted by Gasteiger charge is 2.09. The third-order valence-corrected chi connectivity index (χ3v) is 4.02. The van der Waals surface area contributed by atoms with E-state index in [1.165, 1.54) is 6.33 Å². The maximum Gasteiger partial charge on any atom is 0.338 e. The molecule has 3 aromatic carbocycles. The van der Waals surface area contributed by atoms with Crippen LogP contribution in [0.15, 0.2) is 79.4 Å². The predicted octanol–water partition coefficient (Wildman–Crippen LogP) is 3.78. The first-order chi connectivity index (χ1) is 12.3. The molecule has 0 atom stereocenters. The molecule has 0 aliphatic rings. The SMILES string of the molecule is O=C(OCc1cccc2ccccc12)c1ccc(-n2cncn2)cc1. The first-order valence-corrected chi connectivity index (χ1v) is 7.90. The molecule has 0 aliphatic carbocycles. The molecule has 4 aromatic rings. The van der Waals surface area contributed by atoms with Crippen LogP contribution >= 0.6 is 0 Å². The standard InChI is InChI=1S/C20H15N3O2/c24-20(16-8-10-18(11-9-16)23-14-21-13-22-23)25-12-17-6-3-5-15-4-1-2-7-19(15)17/h1-11,13-14H,12H2. The number of ether oxygens (including phenoxy) is 1. The normalized spacial score (nSPS) is 10.7. The van der Waals surface area contributed by atoms with E-state index in [1.807, 2.05) is 54.6 Å². The monoisotopic (exact) mass is 329 g/mol. The van der Waals surface area contributed by atoms with E-state index in [1.54, 1.807) is 23.1 Å². The Balaban J connectivity index is 1.48. The van der Waals surface area contributed by atoms with Crippen LogP contribution in [0.25, 0.3) is 16.5 Å². The van der Waals surface area contributed by atoms with Gasteiger partial charge in [-0.3, -0.25) is 0 Å². The lowest BCUT2D eigenvalue weighted by Crippen LogP contribution is -2.06. The van der Waals surface area contributed by atoms with Crippen LogP contribution in [-0.2, 0) is 11.3 Å². The van der Waals surface area contributed by atoms with Gasteiger partial charge in [-0.1, -0.05) is 42.5 Å². The van der Waals surface area contributed by atoms with Crippen LogP contribution in [0.1, 0.15) is 15.9 Å². The summed E-state index contributed by atoms with van der Waals surface area (Å²) in [5.41, 5.74) is 2.33. The van der Waals surface area contributed by atoms with Crippen molar-refractivity contribution < 1.29 is 9.53 Å². The molecule has 0 spiro atoms. The topological polar surface area (TPSA) is 57.0 Å². The van der Waals surface area contributed by atoms with Crippen LogP contribution in [0, 0.1) is 0 Å². The highest BCUT2D eigenvalue weighted by atomic mass is 16.5. The van der Waals surface area contributed by atoms with Crippen molar-refractivity contribution in [2.24, 2.45) is 0 Å². The van der Waals surface area contributed by atoms with Crippen LogP contribution in [0.2, 0.25) is 0 Å². The van der Waals surface area contributed by atoms with E-state index in [4.69, 9.17) is 4.74 Å². The van der Waals surface area contributed by atoms with Gasteiger partial charge in [0.2, 0.25) is 0 Å². The first kappa shape index (κ1) is 15.1. The van der Waals surface area contributed by atoms with E-state index in [0.717, 1.165) is 22.0 Å². The summed E-state index contributed by atoms with van der Waals surface area (Å²) in [6, 6.07) is 21.1. The van der Waals surface area contributed by atoms with Gasteiger partial charge in [0, 0.05) is 0 Å². The largest absolute Gasteiger partial charge is 0.457 e. The van der Waals surface area contributed by atoms with Crippen molar-refractivity contribution >= 4 is 16.7 Å². The molecule has 0 bridgehead atoms. The zero-order valence-corrected chi connectivity index (χ0v) is 13.4. The van der Waals surface area contributed by atoms with Crippen molar-refractivity contribution in [1.29, 1.82) is 0 Å². The molecule has 0 amide bonds. The fourth-order valence-electron chi connectivity index (χ4n) is 2.74. The van der Waals surface area contributed by atoms with Gasteiger partial charge >= 0.3 is 5.97 Å². The fraction of sp³-hybridized carbons (Fsp3) is 0.0500. The van der Waals surface area contributed by atoms with Crippen molar-refractivity contribution in [2.75, 3.05) is 0 Å². The lowest BCUT2D eigenvalue weighted by Gasteiger charge is -2.08. The molecule has 0 saturated heterocycles. The molecule has 5 nitrogen and oxygen atoms in total. The average Bonchev–Trinajstić information content (AvgIpc) is 3.21. The molecule has 0 saturated carbocycles. The van der Waals surface area contributed by atoms with E-state index < -0.39 is 0 Å². The molecule has 0 aliphatic heterocycles. The predicted molar refractivity (Wildman–Crippen MR) is 94.4 cm³/mol. The Bertz CT molecular complexity index is 1000. The minimum absolute atomic E-state index is 0.241. The summed E-state index contributed by atoms with van der Waals surface area (Å²) in [6.07, 6.45) is 3.07. The summed E-state index contributed by atoms with van der Waals surface area (Å²) in [5, 5.41) is 6.28. The molecule has 25 heavy (non-hydrogen) atoms. The van der Waals surface area contributed by atoms with Crippen molar-refractivity contribution in [1.82, 2.24) is 14.8 Å². The number of esters is 1. The Kier molecular flexibility index (Phi) is 3.96. The van der Waals surface area contributed by atoms with Gasteiger partial charge in [-0.25, -0.2) is 14.5 Å². The number of carbonyl (C=O) groups is 1. The fourth-order valence-corrected chi connectivity index (χ4v) is 2.74. The Hall–Kier alpha value is -3.47. The van der Waals surface area contributed by atoms with E-state index in [0.29, 0.717) is 5.56 Å². The number of aromatic nitrogens is 3. The second kappa shape index (κ2) is 6.57. The summed E-state index contributed by atoms with van der Waals surface area (Å²) in [4.78, 5) is 16.2. The first-order valence-electron chi connectivity index (χ1n) is 7.90. The zero-order chi connectivity index (χ0) is 17.1. The van der Waals surface area contributed by atoms with E-state index >= 15 is 0 Å². The summed E-state index contributed by atoms with van der Waals surface area (Å²) in [6.45, 7) is 0.241. The molecule has 122 valence electrons. The molecule has 0 unspecified atom stereocenters. The van der Waals surface area contributed by atoms with Crippen LogP contribution in [0.3, 0.4) is 0 Å². The third-order valence-electron chi connectivity index (χ3n) is 4.02. The number of hydrogen-bond acceptors (Lipinski definition) is 4. The molecule has 1 heterocycles. The van der Waals surface area contributed by atoms with Crippen LogP contribution in [0.4, 0.5) is 0 Å². The number of carbonyl (C=O) groups excluding carboxylic acids is 1. The smallest absolute Gasteiger partial charge is 0.338 e. The maximum atomic E-state index is 12.3. The van der Waals surface area contributed by atoms with E-state index in [2.05, 4.69) is 10.1 Å². The van der Waals surface area contributed by atoms with Gasteiger partial charge in [0.05, 0.1) is 11.3 Å². The van der Waals surface area contributed by atoms with Crippen LogP contribution in [0.5, 0.6) is 0 Å². The van der Waals surface area contributed by atoms with Crippen molar-refractivity contribution in [3.63, 3.8) is 0 Å². The van der Waals surface area contributed by atoms with Gasteiger partial charge in [-0.05, 0) is 40.6 Å². The minimum Gasteiger partial charge on any atom is -0.457 e. The van der Waals surface area contributed by atoms with Crippen molar-refractivity contribution in [3.8, 4) is 5.69 Å². The zero-order valence-electron chi connectivity index (χ0n) is 13.4. The highest BCUT2D eigenvalue weighted by Crippen LogP contribution is 2.19. The second-order valence-electron chi connectivity index (χ2n) is 5.60. The van der Waals surface area contributed by atoms with E-state index in [-0.39, 0.29) is 12.6 Å². The third kappa shape index (κ3) is 3.12. The van der Waals surface area contributed by atoms with Crippen molar-refractivity contribution in [2.45, 2.75) is 6.61 Å². The Morgan fingerprint density at radius 1 is 0.960 bits per heavy atom. The Labute approximate surface area is 144 Å². The van der Waals surface area contributed by atoms with Crippen LogP contribution in [-0.4, -0.2) is 20.7 Å².